The van der Waals surface area contributed by atoms with E-state index in [1.807, 2.05) is 6.92 Å². The van der Waals surface area contributed by atoms with Crippen LogP contribution in [0.4, 0.5) is 5.69 Å². The number of hydrogen-bond donors (Lipinski definition) is 2. The monoisotopic (exact) mass is 414 g/mol. The molecule has 6 heteroatoms. The van der Waals surface area contributed by atoms with Gasteiger partial charge in [0.2, 0.25) is 0 Å². The van der Waals surface area contributed by atoms with Crippen LogP contribution in [0.15, 0.2) is 10.7 Å². The zero-order valence-corrected chi connectivity index (χ0v) is 17.8. The van der Waals surface area contributed by atoms with Crippen molar-refractivity contribution in [3.63, 3.8) is 0 Å². The minimum atomic E-state index is -0.813. The summed E-state index contributed by atoms with van der Waals surface area (Å²) in [4.78, 5) is 17.7. The van der Waals surface area contributed by atoms with E-state index in [9.17, 15) is 4.79 Å². The molecule has 2 N–H and O–H groups in total. The van der Waals surface area contributed by atoms with Crippen LogP contribution in [0, 0.1) is 12.3 Å². The lowest BCUT2D eigenvalue weighted by molar-refractivity contribution is -0.136. The van der Waals surface area contributed by atoms with Crippen LogP contribution in [0.1, 0.15) is 58.7 Å². The number of aliphatic carboxylic acids is 1. The Morgan fingerprint density at radius 3 is 2.24 bits per heavy atom. The molecule has 25 heavy (non-hydrogen) atoms. The van der Waals surface area contributed by atoms with Gasteiger partial charge in [-0.3, -0.25) is 9.78 Å². The fourth-order valence-corrected chi connectivity index (χ4v) is 3.24. The highest BCUT2D eigenvalue weighted by atomic mass is 79.9. The number of halogens is 1. The highest BCUT2D eigenvalue weighted by Gasteiger charge is 2.28. The molecule has 1 aromatic rings. The van der Waals surface area contributed by atoms with Gasteiger partial charge < -0.3 is 15.1 Å². The number of anilines is 1. The number of carboxylic acids is 1. The third-order valence-electron chi connectivity index (χ3n) is 4.08. The zero-order valence-electron chi connectivity index (χ0n) is 16.2. The smallest absolute Gasteiger partial charge is 0.307 e. The van der Waals surface area contributed by atoms with Gasteiger partial charge in [0.25, 0.3) is 0 Å². The number of aryl methyl sites for hydroxylation is 1. The Hall–Kier alpha value is -1.14. The molecule has 0 spiro atoms. The van der Waals surface area contributed by atoms with Gasteiger partial charge in [-0.15, -0.1) is 0 Å². The number of carboxylic acid groups (broad SMARTS) is 1. The second kappa shape index (κ2) is 8.49. The van der Waals surface area contributed by atoms with Gasteiger partial charge in [0.05, 0.1) is 22.2 Å². The van der Waals surface area contributed by atoms with Gasteiger partial charge in [0.15, 0.2) is 0 Å². The van der Waals surface area contributed by atoms with Gasteiger partial charge in [-0.25, -0.2) is 0 Å². The van der Waals surface area contributed by atoms with E-state index in [-0.39, 0.29) is 6.42 Å². The summed E-state index contributed by atoms with van der Waals surface area (Å²) >= 11 is 3.54. The molecule has 1 saturated heterocycles. The van der Waals surface area contributed by atoms with E-state index in [1.54, 1.807) is 27.0 Å². The maximum atomic E-state index is 11.1. The molecule has 0 atom stereocenters. The summed E-state index contributed by atoms with van der Waals surface area (Å²) in [6.45, 7) is 13.6. The van der Waals surface area contributed by atoms with Gasteiger partial charge in [-0.1, -0.05) is 13.8 Å². The normalized spacial score (nSPS) is 16.9. The molecule has 0 saturated carbocycles. The molecular formula is C19H31BrN2O3. The SMILES string of the molecule is CC(C)(C)O.Cc1ncc(Br)c(N2CCC(C)(C)CC2)c1CC(=O)O. The second-order valence-electron chi connectivity index (χ2n) is 8.41. The summed E-state index contributed by atoms with van der Waals surface area (Å²) in [5.41, 5.74) is 2.51. The van der Waals surface area contributed by atoms with Gasteiger partial charge in [0, 0.05) is 30.5 Å². The Morgan fingerprint density at radius 2 is 1.80 bits per heavy atom. The fraction of sp³-hybridized carbons (Fsp3) is 0.684. The lowest BCUT2D eigenvalue weighted by Crippen LogP contribution is -2.38. The van der Waals surface area contributed by atoms with E-state index in [1.165, 1.54) is 0 Å². The van der Waals surface area contributed by atoms with Crippen LogP contribution in [0.25, 0.3) is 0 Å². The summed E-state index contributed by atoms with van der Waals surface area (Å²) in [5, 5.41) is 17.6. The average molecular weight is 415 g/mol. The van der Waals surface area contributed by atoms with Gasteiger partial charge in [0.1, 0.15) is 0 Å². The quantitative estimate of drug-likeness (QED) is 0.775. The zero-order chi connectivity index (χ0) is 19.4. The molecule has 0 bridgehead atoms. The van der Waals surface area contributed by atoms with Gasteiger partial charge in [-0.05, 0) is 61.9 Å². The Morgan fingerprint density at radius 1 is 1.32 bits per heavy atom. The van der Waals surface area contributed by atoms with Crippen molar-refractivity contribution in [3.8, 4) is 0 Å². The van der Waals surface area contributed by atoms with Gasteiger partial charge in [-0.2, -0.15) is 0 Å². The lowest BCUT2D eigenvalue weighted by atomic mass is 9.82. The maximum absolute atomic E-state index is 11.1. The molecule has 142 valence electrons. The van der Waals surface area contributed by atoms with Crippen LogP contribution in [-0.4, -0.2) is 39.9 Å². The van der Waals surface area contributed by atoms with Crippen molar-refractivity contribution in [2.45, 2.75) is 66.4 Å². The summed E-state index contributed by atoms with van der Waals surface area (Å²) < 4.78 is 0.888. The third kappa shape index (κ3) is 7.74. The molecule has 0 amide bonds. The first-order valence-corrected chi connectivity index (χ1v) is 9.42. The highest BCUT2D eigenvalue weighted by molar-refractivity contribution is 9.10. The highest BCUT2D eigenvalue weighted by Crippen LogP contribution is 2.37. The molecule has 1 aliphatic heterocycles. The molecule has 1 fully saturated rings. The van der Waals surface area contributed by atoms with E-state index < -0.39 is 11.6 Å². The van der Waals surface area contributed by atoms with Gasteiger partial charge >= 0.3 is 5.97 Å². The van der Waals surface area contributed by atoms with Crippen LogP contribution >= 0.6 is 15.9 Å². The standard InChI is InChI=1S/C15H21BrN2O2.C4H10O/c1-10-11(8-13(19)20)14(12(16)9-17-10)18-6-4-15(2,3)5-7-18;1-4(2,3)5/h9H,4-8H2,1-3H3,(H,19,20);5H,1-3H3. The van der Waals surface area contributed by atoms with Crippen molar-refractivity contribution in [2.24, 2.45) is 5.41 Å². The largest absolute Gasteiger partial charge is 0.481 e. The molecule has 2 rings (SSSR count). The third-order valence-corrected chi connectivity index (χ3v) is 4.66. The summed E-state index contributed by atoms with van der Waals surface area (Å²) in [7, 11) is 0. The van der Waals surface area contributed by atoms with E-state index in [4.69, 9.17) is 10.2 Å². The number of hydrogen-bond acceptors (Lipinski definition) is 4. The van der Waals surface area contributed by atoms with Crippen molar-refractivity contribution in [1.82, 2.24) is 4.98 Å². The second-order valence-corrected chi connectivity index (χ2v) is 9.27. The van der Waals surface area contributed by atoms with Crippen molar-refractivity contribution in [1.29, 1.82) is 0 Å². The van der Waals surface area contributed by atoms with E-state index in [2.05, 4.69) is 39.7 Å². The van der Waals surface area contributed by atoms with Crippen molar-refractivity contribution >= 4 is 27.6 Å². The van der Waals surface area contributed by atoms with E-state index in [0.29, 0.717) is 5.41 Å². The average Bonchev–Trinajstić information content (AvgIpc) is 2.42. The van der Waals surface area contributed by atoms with Crippen LogP contribution < -0.4 is 4.90 Å². The number of rotatable bonds is 3. The lowest BCUT2D eigenvalue weighted by Gasteiger charge is -2.39. The predicted octanol–water partition coefficient (Wildman–Crippen LogP) is 4.18. The Bertz CT molecular complexity index is 593. The molecule has 2 heterocycles. The molecule has 0 aliphatic carbocycles. The predicted molar refractivity (Wildman–Crippen MR) is 105 cm³/mol. The first kappa shape index (κ1) is 21.9. The molecule has 1 aromatic heterocycles. The molecule has 5 nitrogen and oxygen atoms in total. The maximum Gasteiger partial charge on any atom is 0.307 e. The number of nitrogens with zero attached hydrogens (tertiary/aromatic N) is 2. The summed E-state index contributed by atoms with van der Waals surface area (Å²) in [6, 6.07) is 0. The molecule has 0 radical (unpaired) electrons. The molecule has 0 aromatic carbocycles. The van der Waals surface area contributed by atoms with Crippen LogP contribution in [0.2, 0.25) is 0 Å². The van der Waals surface area contributed by atoms with E-state index in [0.717, 1.165) is 47.3 Å². The minimum absolute atomic E-state index is 0.0213. The molecular weight excluding hydrogens is 384 g/mol. The molecule has 1 aliphatic rings. The number of pyridine rings is 1. The van der Waals surface area contributed by atoms with E-state index >= 15 is 0 Å². The van der Waals surface area contributed by atoms with Crippen molar-refractivity contribution in [2.75, 3.05) is 18.0 Å². The fourth-order valence-electron chi connectivity index (χ4n) is 2.65. The Labute approximate surface area is 159 Å². The van der Waals surface area contributed by atoms with Crippen molar-refractivity contribution in [3.05, 3.63) is 21.9 Å². The summed E-state index contributed by atoms with van der Waals surface area (Å²) in [5.74, 6) is -0.813. The molecule has 0 unspecified atom stereocenters. The van der Waals surface area contributed by atoms with Crippen LogP contribution in [0.3, 0.4) is 0 Å². The topological polar surface area (TPSA) is 73.7 Å². The summed E-state index contributed by atoms with van der Waals surface area (Å²) in [6.07, 6.45) is 4.03. The number of aromatic nitrogens is 1. The van der Waals surface area contributed by atoms with Crippen LogP contribution in [0.5, 0.6) is 0 Å². The first-order valence-electron chi connectivity index (χ1n) is 8.63. The first-order chi connectivity index (χ1) is 11.3. The number of aliphatic hydroxyl groups is 1. The number of carbonyl (C=O) groups is 1. The minimum Gasteiger partial charge on any atom is -0.481 e. The van der Waals surface area contributed by atoms with Crippen molar-refractivity contribution < 1.29 is 15.0 Å². The number of piperidine rings is 1. The van der Waals surface area contributed by atoms with Crippen LogP contribution in [-0.2, 0) is 11.2 Å². The Kier molecular flexibility index (Phi) is 7.44. The Balaban J connectivity index is 0.000000550.